The summed E-state index contributed by atoms with van der Waals surface area (Å²) in [6, 6.07) is 2.16. The molecule has 0 aliphatic heterocycles. The van der Waals surface area contributed by atoms with E-state index in [0.717, 1.165) is 37.3 Å². The molecule has 3 heteroatoms. The van der Waals surface area contributed by atoms with E-state index < -0.39 is 0 Å². The second kappa shape index (κ2) is 5.43. The fraction of sp³-hybridized carbons (Fsp3) is 0.636. The normalized spacial score (nSPS) is 10.1. The van der Waals surface area contributed by atoms with Gasteiger partial charge < -0.3 is 4.57 Å². The smallest absolute Gasteiger partial charge is 0.108 e. The molecule has 1 rings (SSSR count). The Morgan fingerprint density at radius 2 is 2.29 bits per heavy atom. The van der Waals surface area contributed by atoms with Gasteiger partial charge in [-0.1, -0.05) is 20.3 Å². The Morgan fingerprint density at radius 3 is 2.86 bits per heavy atom. The molecule has 0 spiro atoms. The van der Waals surface area contributed by atoms with E-state index in [2.05, 4.69) is 35.7 Å². The van der Waals surface area contributed by atoms with Crippen molar-refractivity contribution in [2.45, 2.75) is 46.1 Å². The van der Waals surface area contributed by atoms with Crippen molar-refractivity contribution < 1.29 is 0 Å². The largest absolute Gasteiger partial charge is 0.334 e. The zero-order chi connectivity index (χ0) is 10.4. The fourth-order valence-electron chi connectivity index (χ4n) is 1.54. The molecule has 1 heterocycles. The first-order valence-electron chi connectivity index (χ1n) is 5.23. The fourth-order valence-corrected chi connectivity index (χ4v) is 1.54. The van der Waals surface area contributed by atoms with Crippen molar-refractivity contribution in [1.29, 1.82) is 5.26 Å². The van der Waals surface area contributed by atoms with Crippen LogP contribution in [0.2, 0.25) is 0 Å². The molecule has 1 aromatic heterocycles. The Bertz CT molecular complexity index is 320. The van der Waals surface area contributed by atoms with Crippen LogP contribution in [0.5, 0.6) is 0 Å². The standard InChI is InChI=1S/C11H17N3/c1-3-6-10-9-14(8-5-7-12)11(4-2)13-10/h9H,3-6,8H2,1-2H3. The van der Waals surface area contributed by atoms with Gasteiger partial charge in [-0.15, -0.1) is 0 Å². The lowest BCUT2D eigenvalue weighted by molar-refractivity contribution is 0.670. The van der Waals surface area contributed by atoms with E-state index in [0.29, 0.717) is 6.42 Å². The van der Waals surface area contributed by atoms with E-state index in [4.69, 9.17) is 5.26 Å². The van der Waals surface area contributed by atoms with Gasteiger partial charge in [0.1, 0.15) is 5.82 Å². The van der Waals surface area contributed by atoms with Gasteiger partial charge >= 0.3 is 0 Å². The molecule has 0 atom stereocenters. The van der Waals surface area contributed by atoms with Gasteiger partial charge in [0.15, 0.2) is 0 Å². The molecular weight excluding hydrogens is 174 g/mol. The monoisotopic (exact) mass is 191 g/mol. The van der Waals surface area contributed by atoms with Crippen LogP contribution < -0.4 is 0 Å². The maximum atomic E-state index is 8.52. The molecule has 0 N–H and O–H groups in total. The van der Waals surface area contributed by atoms with E-state index in [-0.39, 0.29) is 0 Å². The van der Waals surface area contributed by atoms with Gasteiger partial charge in [0, 0.05) is 19.2 Å². The van der Waals surface area contributed by atoms with Gasteiger partial charge in [0.25, 0.3) is 0 Å². The van der Waals surface area contributed by atoms with Gasteiger partial charge in [-0.3, -0.25) is 0 Å². The van der Waals surface area contributed by atoms with Crippen molar-refractivity contribution in [2.75, 3.05) is 0 Å². The minimum Gasteiger partial charge on any atom is -0.334 e. The molecule has 3 nitrogen and oxygen atoms in total. The van der Waals surface area contributed by atoms with Crippen LogP contribution in [-0.2, 0) is 19.4 Å². The lowest BCUT2D eigenvalue weighted by Gasteiger charge is -2.01. The topological polar surface area (TPSA) is 41.6 Å². The van der Waals surface area contributed by atoms with Gasteiger partial charge in [-0.2, -0.15) is 5.26 Å². The Balaban J connectivity index is 2.75. The summed E-state index contributed by atoms with van der Waals surface area (Å²) < 4.78 is 2.11. The molecule has 1 aromatic rings. The second-order valence-corrected chi connectivity index (χ2v) is 3.35. The lowest BCUT2D eigenvalue weighted by atomic mass is 10.3. The Labute approximate surface area is 85.4 Å². The first kappa shape index (κ1) is 10.8. The average molecular weight is 191 g/mol. The second-order valence-electron chi connectivity index (χ2n) is 3.35. The van der Waals surface area contributed by atoms with Crippen LogP contribution in [0.4, 0.5) is 0 Å². The number of hydrogen-bond donors (Lipinski definition) is 0. The summed E-state index contributed by atoms with van der Waals surface area (Å²) in [5.41, 5.74) is 1.15. The van der Waals surface area contributed by atoms with Crippen molar-refractivity contribution in [3.05, 3.63) is 17.7 Å². The highest BCUT2D eigenvalue weighted by Crippen LogP contribution is 2.07. The SMILES string of the molecule is CCCc1cn(CCC#N)c(CC)n1. The quantitative estimate of drug-likeness (QED) is 0.716. The third-order valence-electron chi connectivity index (χ3n) is 2.20. The Kier molecular flexibility index (Phi) is 4.18. The molecule has 0 aliphatic carbocycles. The van der Waals surface area contributed by atoms with Crippen LogP contribution in [0, 0.1) is 11.3 Å². The number of aryl methyl sites for hydroxylation is 3. The molecule has 0 amide bonds. The Morgan fingerprint density at radius 1 is 1.50 bits per heavy atom. The summed E-state index contributed by atoms with van der Waals surface area (Å²) in [5, 5.41) is 8.52. The maximum Gasteiger partial charge on any atom is 0.108 e. The molecule has 0 radical (unpaired) electrons. The molecule has 0 saturated heterocycles. The van der Waals surface area contributed by atoms with Crippen LogP contribution >= 0.6 is 0 Å². The minimum atomic E-state index is 0.564. The molecule has 0 aromatic carbocycles. The molecule has 0 unspecified atom stereocenters. The first-order chi connectivity index (χ1) is 6.81. The summed E-state index contributed by atoms with van der Waals surface area (Å²) >= 11 is 0. The highest BCUT2D eigenvalue weighted by atomic mass is 15.1. The predicted molar refractivity (Wildman–Crippen MR) is 55.8 cm³/mol. The summed E-state index contributed by atoms with van der Waals surface area (Å²) in [6.07, 6.45) is 5.74. The average Bonchev–Trinajstić information content (AvgIpc) is 2.58. The summed E-state index contributed by atoms with van der Waals surface area (Å²) in [6.45, 7) is 5.03. The minimum absolute atomic E-state index is 0.564. The third kappa shape index (κ3) is 2.59. The van der Waals surface area contributed by atoms with Crippen molar-refractivity contribution in [1.82, 2.24) is 9.55 Å². The molecule has 76 valence electrons. The van der Waals surface area contributed by atoms with Gasteiger partial charge in [-0.25, -0.2) is 4.98 Å². The van der Waals surface area contributed by atoms with Gasteiger partial charge in [-0.05, 0) is 6.42 Å². The molecule has 14 heavy (non-hydrogen) atoms. The van der Waals surface area contributed by atoms with Crippen LogP contribution in [0.1, 0.15) is 38.2 Å². The molecule has 0 fully saturated rings. The molecular formula is C11H17N3. The summed E-state index contributed by atoms with van der Waals surface area (Å²) in [5.74, 6) is 1.10. The van der Waals surface area contributed by atoms with Crippen LogP contribution in [0.15, 0.2) is 6.20 Å². The third-order valence-corrected chi connectivity index (χ3v) is 2.20. The van der Waals surface area contributed by atoms with Crippen molar-refractivity contribution in [2.24, 2.45) is 0 Å². The number of imidazole rings is 1. The zero-order valence-corrected chi connectivity index (χ0v) is 8.95. The van der Waals surface area contributed by atoms with Crippen molar-refractivity contribution in [3.63, 3.8) is 0 Å². The van der Waals surface area contributed by atoms with Crippen LogP contribution in [-0.4, -0.2) is 9.55 Å². The predicted octanol–water partition coefficient (Wildman–Crippen LogP) is 2.31. The lowest BCUT2D eigenvalue weighted by Crippen LogP contribution is -2.00. The first-order valence-corrected chi connectivity index (χ1v) is 5.23. The number of nitriles is 1. The number of aromatic nitrogens is 2. The number of nitrogens with zero attached hydrogens (tertiary/aromatic N) is 3. The molecule has 0 aliphatic rings. The van der Waals surface area contributed by atoms with E-state index in [1.54, 1.807) is 0 Å². The molecule has 0 bridgehead atoms. The Hall–Kier alpha value is -1.30. The zero-order valence-electron chi connectivity index (χ0n) is 8.95. The van der Waals surface area contributed by atoms with E-state index in [1.165, 1.54) is 0 Å². The summed E-state index contributed by atoms with van der Waals surface area (Å²) in [4.78, 5) is 4.52. The number of rotatable bonds is 5. The van der Waals surface area contributed by atoms with Crippen LogP contribution in [0.3, 0.4) is 0 Å². The van der Waals surface area contributed by atoms with Gasteiger partial charge in [0.05, 0.1) is 18.2 Å². The number of hydrogen-bond acceptors (Lipinski definition) is 2. The van der Waals surface area contributed by atoms with E-state index in [1.807, 2.05) is 0 Å². The maximum absolute atomic E-state index is 8.52. The van der Waals surface area contributed by atoms with Gasteiger partial charge in [0.2, 0.25) is 0 Å². The van der Waals surface area contributed by atoms with Crippen LogP contribution in [0.25, 0.3) is 0 Å². The van der Waals surface area contributed by atoms with Crippen molar-refractivity contribution >= 4 is 0 Å². The van der Waals surface area contributed by atoms with E-state index in [9.17, 15) is 0 Å². The van der Waals surface area contributed by atoms with E-state index >= 15 is 0 Å². The molecule has 0 saturated carbocycles. The highest BCUT2D eigenvalue weighted by Gasteiger charge is 2.04. The van der Waals surface area contributed by atoms with Crippen molar-refractivity contribution in [3.8, 4) is 6.07 Å². The highest BCUT2D eigenvalue weighted by molar-refractivity contribution is 5.04. The summed E-state index contributed by atoms with van der Waals surface area (Å²) in [7, 11) is 0.